The van der Waals surface area contributed by atoms with E-state index in [1.54, 1.807) is 7.11 Å². The summed E-state index contributed by atoms with van der Waals surface area (Å²) in [5.74, 6) is 0.561. The molecule has 1 aliphatic carbocycles. The van der Waals surface area contributed by atoms with Crippen LogP contribution < -0.4 is 0 Å². The Morgan fingerprint density at radius 3 is 3.20 bits per heavy atom. The van der Waals surface area contributed by atoms with Gasteiger partial charge in [-0.3, -0.25) is 0 Å². The van der Waals surface area contributed by atoms with Crippen molar-refractivity contribution in [1.29, 1.82) is 0 Å². The second-order valence-corrected chi connectivity index (χ2v) is 3.21. The van der Waals surface area contributed by atoms with Crippen molar-refractivity contribution >= 4 is 11.6 Å². The molecule has 2 heteroatoms. The Morgan fingerprint density at radius 2 is 2.60 bits per heavy atom. The number of methoxy groups -OCH3 is 1. The zero-order valence-corrected chi connectivity index (χ0v) is 7.03. The van der Waals surface area contributed by atoms with Crippen molar-refractivity contribution in [3.63, 3.8) is 0 Å². The third-order valence-corrected chi connectivity index (χ3v) is 2.10. The van der Waals surface area contributed by atoms with Crippen LogP contribution in [0.1, 0.15) is 19.3 Å². The van der Waals surface area contributed by atoms with Crippen LogP contribution in [0.2, 0.25) is 0 Å². The second kappa shape index (κ2) is 3.99. The molecule has 0 saturated heterocycles. The highest BCUT2D eigenvalue weighted by Gasteiger charge is 2.11. The van der Waals surface area contributed by atoms with Crippen molar-refractivity contribution in [3.05, 3.63) is 11.1 Å². The van der Waals surface area contributed by atoms with Crippen molar-refractivity contribution in [1.82, 2.24) is 0 Å². The van der Waals surface area contributed by atoms with Crippen molar-refractivity contribution in [3.8, 4) is 0 Å². The molecular formula is C8H13ClO. The molecule has 0 fully saturated rings. The lowest BCUT2D eigenvalue weighted by Gasteiger charge is -2.16. The zero-order valence-electron chi connectivity index (χ0n) is 6.27. The van der Waals surface area contributed by atoms with Crippen LogP contribution in [-0.2, 0) is 4.74 Å². The van der Waals surface area contributed by atoms with Crippen LogP contribution in [0.3, 0.4) is 0 Å². The van der Waals surface area contributed by atoms with E-state index in [1.807, 2.05) is 0 Å². The Labute approximate surface area is 67.0 Å². The highest BCUT2D eigenvalue weighted by atomic mass is 35.5. The quantitative estimate of drug-likeness (QED) is 0.604. The van der Waals surface area contributed by atoms with Crippen molar-refractivity contribution in [2.75, 3.05) is 13.7 Å². The molecule has 0 spiro atoms. The van der Waals surface area contributed by atoms with Gasteiger partial charge in [0.05, 0.1) is 6.61 Å². The van der Waals surface area contributed by atoms with Gasteiger partial charge < -0.3 is 4.74 Å². The summed E-state index contributed by atoms with van der Waals surface area (Å²) < 4.78 is 5.03. The third-order valence-electron chi connectivity index (χ3n) is 1.79. The maximum atomic E-state index is 5.85. The molecule has 0 aromatic carbocycles. The molecule has 1 atom stereocenters. The molecule has 0 heterocycles. The molecule has 0 N–H and O–H groups in total. The van der Waals surface area contributed by atoms with Crippen LogP contribution in [0.15, 0.2) is 11.1 Å². The summed E-state index contributed by atoms with van der Waals surface area (Å²) in [6, 6.07) is 0. The minimum atomic E-state index is 0.561. The van der Waals surface area contributed by atoms with Gasteiger partial charge in [-0.15, -0.1) is 0 Å². The lowest BCUT2D eigenvalue weighted by Crippen LogP contribution is -2.08. The van der Waals surface area contributed by atoms with Gasteiger partial charge in [-0.25, -0.2) is 0 Å². The fraction of sp³-hybridized carbons (Fsp3) is 0.750. The minimum absolute atomic E-state index is 0.561. The average Bonchev–Trinajstić information content (AvgIpc) is 1.88. The molecular weight excluding hydrogens is 148 g/mol. The van der Waals surface area contributed by atoms with Crippen molar-refractivity contribution in [2.24, 2.45) is 5.92 Å². The van der Waals surface area contributed by atoms with Crippen molar-refractivity contribution < 1.29 is 4.74 Å². The fourth-order valence-electron chi connectivity index (χ4n) is 1.30. The van der Waals surface area contributed by atoms with E-state index in [0.717, 1.165) is 18.1 Å². The van der Waals surface area contributed by atoms with E-state index in [9.17, 15) is 0 Å². The standard InChI is InChI=1S/C8H13ClO/c1-10-6-7-3-2-4-8(9)5-7/h5,7H,2-4,6H2,1H3/t7-/m1/s1. The molecule has 0 amide bonds. The topological polar surface area (TPSA) is 9.23 Å². The number of rotatable bonds is 2. The fourth-order valence-corrected chi connectivity index (χ4v) is 1.61. The first-order valence-corrected chi connectivity index (χ1v) is 4.06. The third kappa shape index (κ3) is 2.31. The average molecular weight is 161 g/mol. The molecule has 0 radical (unpaired) electrons. The Morgan fingerprint density at radius 1 is 1.80 bits per heavy atom. The van der Waals surface area contributed by atoms with Gasteiger partial charge in [-0.05, 0) is 19.3 Å². The van der Waals surface area contributed by atoms with Gasteiger partial charge in [0.2, 0.25) is 0 Å². The van der Waals surface area contributed by atoms with E-state index in [1.165, 1.54) is 12.8 Å². The summed E-state index contributed by atoms with van der Waals surface area (Å²) in [5, 5.41) is 1.01. The van der Waals surface area contributed by atoms with Gasteiger partial charge in [0.1, 0.15) is 0 Å². The molecule has 0 aliphatic heterocycles. The van der Waals surface area contributed by atoms with Gasteiger partial charge in [-0.2, -0.15) is 0 Å². The first-order valence-electron chi connectivity index (χ1n) is 3.68. The summed E-state index contributed by atoms with van der Waals surface area (Å²) in [4.78, 5) is 0. The molecule has 10 heavy (non-hydrogen) atoms. The van der Waals surface area contributed by atoms with Gasteiger partial charge in [-0.1, -0.05) is 17.7 Å². The first kappa shape index (κ1) is 8.09. The summed E-state index contributed by atoms with van der Waals surface area (Å²) in [5.41, 5.74) is 0. The lowest BCUT2D eigenvalue weighted by molar-refractivity contribution is 0.163. The van der Waals surface area contributed by atoms with Gasteiger partial charge >= 0.3 is 0 Å². The Balaban J connectivity index is 2.38. The molecule has 1 aliphatic rings. The lowest BCUT2D eigenvalue weighted by atomic mass is 9.97. The number of hydrogen-bond acceptors (Lipinski definition) is 1. The summed E-state index contributed by atoms with van der Waals surface area (Å²) in [6.45, 7) is 0.816. The van der Waals surface area contributed by atoms with Gasteiger partial charge in [0.25, 0.3) is 0 Å². The van der Waals surface area contributed by atoms with Crippen LogP contribution in [-0.4, -0.2) is 13.7 Å². The Kier molecular flexibility index (Phi) is 3.23. The summed E-state index contributed by atoms with van der Waals surface area (Å²) >= 11 is 5.85. The molecule has 1 nitrogen and oxygen atoms in total. The van der Waals surface area contributed by atoms with E-state index >= 15 is 0 Å². The highest BCUT2D eigenvalue weighted by molar-refractivity contribution is 6.29. The predicted molar refractivity (Wildman–Crippen MR) is 43.2 cm³/mol. The molecule has 0 aromatic heterocycles. The number of ether oxygens (including phenoxy) is 1. The summed E-state index contributed by atoms with van der Waals surface area (Å²) in [6.07, 6.45) is 5.61. The molecule has 0 saturated carbocycles. The number of allylic oxidation sites excluding steroid dienone is 1. The van der Waals surface area contributed by atoms with Crippen molar-refractivity contribution in [2.45, 2.75) is 19.3 Å². The van der Waals surface area contributed by atoms with Crippen LogP contribution >= 0.6 is 11.6 Å². The van der Waals surface area contributed by atoms with Gasteiger partial charge in [0, 0.05) is 18.1 Å². The predicted octanol–water partition coefficient (Wildman–Crippen LogP) is 2.56. The molecule has 1 rings (SSSR count). The van der Waals surface area contributed by atoms with Crippen LogP contribution in [0.5, 0.6) is 0 Å². The number of hydrogen-bond donors (Lipinski definition) is 0. The van der Waals surface area contributed by atoms with E-state index in [4.69, 9.17) is 16.3 Å². The first-order chi connectivity index (χ1) is 4.83. The van der Waals surface area contributed by atoms with E-state index < -0.39 is 0 Å². The van der Waals surface area contributed by atoms with E-state index in [-0.39, 0.29) is 0 Å². The molecule has 0 unspecified atom stereocenters. The maximum Gasteiger partial charge on any atom is 0.0525 e. The molecule has 0 bridgehead atoms. The molecule has 58 valence electrons. The SMILES string of the molecule is COC[C@H]1C=C(Cl)CCC1. The Bertz CT molecular complexity index is 131. The monoisotopic (exact) mass is 160 g/mol. The zero-order chi connectivity index (χ0) is 7.40. The van der Waals surface area contributed by atoms with E-state index in [0.29, 0.717) is 5.92 Å². The van der Waals surface area contributed by atoms with Gasteiger partial charge in [0.15, 0.2) is 0 Å². The minimum Gasteiger partial charge on any atom is -0.384 e. The van der Waals surface area contributed by atoms with Crippen LogP contribution in [0, 0.1) is 5.92 Å². The Hall–Kier alpha value is -0.0100. The maximum absolute atomic E-state index is 5.85. The smallest absolute Gasteiger partial charge is 0.0525 e. The normalized spacial score (nSPS) is 26.2. The van der Waals surface area contributed by atoms with Crippen LogP contribution in [0.4, 0.5) is 0 Å². The van der Waals surface area contributed by atoms with E-state index in [2.05, 4.69) is 6.08 Å². The largest absolute Gasteiger partial charge is 0.384 e. The number of halogens is 1. The van der Waals surface area contributed by atoms with Crippen LogP contribution in [0.25, 0.3) is 0 Å². The second-order valence-electron chi connectivity index (χ2n) is 2.72. The molecule has 0 aromatic rings. The highest BCUT2D eigenvalue weighted by Crippen LogP contribution is 2.24. The summed E-state index contributed by atoms with van der Waals surface area (Å²) in [7, 11) is 1.73.